The van der Waals surface area contributed by atoms with Crippen LogP contribution in [-0.2, 0) is 17.4 Å². The zero-order valence-electron chi connectivity index (χ0n) is 18.3. The first kappa shape index (κ1) is 24.1. The van der Waals surface area contributed by atoms with Crippen LogP contribution in [0.3, 0.4) is 0 Å². The van der Waals surface area contributed by atoms with Gasteiger partial charge < -0.3 is 20.1 Å². The first-order valence-corrected chi connectivity index (χ1v) is 10.2. The Morgan fingerprint density at radius 3 is 2.15 bits per heavy atom. The molecule has 5 nitrogen and oxygen atoms in total. The average Bonchev–Trinajstić information content (AvgIpc) is 2.83. The molecule has 0 fully saturated rings. The number of benzene rings is 3. The van der Waals surface area contributed by atoms with Gasteiger partial charge in [0.2, 0.25) is 5.91 Å². The van der Waals surface area contributed by atoms with E-state index < -0.39 is 17.8 Å². The summed E-state index contributed by atoms with van der Waals surface area (Å²) in [6.07, 6.45) is -4.07. The number of ether oxygens (including phenoxy) is 2. The highest BCUT2D eigenvalue weighted by Gasteiger charge is 2.30. The molecule has 0 heterocycles. The Kier molecular flexibility index (Phi) is 7.60. The molecule has 0 saturated carbocycles. The van der Waals surface area contributed by atoms with E-state index >= 15 is 0 Å². The Morgan fingerprint density at radius 2 is 1.58 bits per heavy atom. The second kappa shape index (κ2) is 10.4. The number of alkyl halides is 3. The third-order valence-electron chi connectivity index (χ3n) is 5.27. The molecular weight excluding hydrogens is 433 g/mol. The lowest BCUT2D eigenvalue weighted by atomic mass is 10.0. The summed E-state index contributed by atoms with van der Waals surface area (Å²) < 4.78 is 49.2. The van der Waals surface area contributed by atoms with Gasteiger partial charge in [0.1, 0.15) is 6.04 Å². The first-order valence-electron chi connectivity index (χ1n) is 10.2. The van der Waals surface area contributed by atoms with Gasteiger partial charge in [0.15, 0.2) is 11.5 Å². The molecule has 3 aromatic rings. The number of methoxy groups -OCH3 is 2. The van der Waals surface area contributed by atoms with Crippen LogP contribution in [0.1, 0.15) is 22.7 Å². The molecule has 174 valence electrons. The van der Waals surface area contributed by atoms with Crippen LogP contribution in [0.15, 0.2) is 72.8 Å². The van der Waals surface area contributed by atoms with Crippen LogP contribution in [-0.4, -0.2) is 26.7 Å². The van der Waals surface area contributed by atoms with Gasteiger partial charge in [-0.05, 0) is 41.8 Å². The van der Waals surface area contributed by atoms with Gasteiger partial charge in [-0.1, -0.05) is 42.5 Å². The van der Waals surface area contributed by atoms with E-state index in [0.29, 0.717) is 34.7 Å². The maximum Gasteiger partial charge on any atom is 0.416 e. The monoisotopic (exact) mass is 458 g/mol. The molecule has 0 aliphatic rings. The van der Waals surface area contributed by atoms with Crippen LogP contribution in [0.5, 0.6) is 11.5 Å². The summed E-state index contributed by atoms with van der Waals surface area (Å²) in [5.41, 5.74) is 7.41. The van der Waals surface area contributed by atoms with Crippen molar-refractivity contribution in [2.45, 2.75) is 18.6 Å². The number of hydrogen-bond donors (Lipinski definition) is 1. The third kappa shape index (κ3) is 5.84. The predicted molar refractivity (Wildman–Crippen MR) is 120 cm³/mol. The van der Waals surface area contributed by atoms with Crippen molar-refractivity contribution < 1.29 is 27.4 Å². The van der Waals surface area contributed by atoms with Gasteiger partial charge in [-0.3, -0.25) is 4.79 Å². The second-order valence-corrected chi connectivity index (χ2v) is 7.36. The lowest BCUT2D eigenvalue weighted by molar-refractivity contribution is -0.137. The average molecular weight is 458 g/mol. The highest BCUT2D eigenvalue weighted by Crippen LogP contribution is 2.33. The number of anilines is 1. The summed E-state index contributed by atoms with van der Waals surface area (Å²) in [6.45, 7) is 0.209. The van der Waals surface area contributed by atoms with E-state index in [9.17, 15) is 18.0 Å². The van der Waals surface area contributed by atoms with E-state index in [2.05, 4.69) is 0 Å². The van der Waals surface area contributed by atoms with Crippen molar-refractivity contribution in [1.29, 1.82) is 0 Å². The molecule has 0 unspecified atom stereocenters. The number of nitrogens with zero attached hydrogens (tertiary/aromatic N) is 1. The molecule has 0 aliphatic heterocycles. The lowest BCUT2D eigenvalue weighted by Crippen LogP contribution is -2.40. The SMILES string of the molecule is COc1ccc(N(CCc2ccc(C(F)(F)F)cc2)C(=O)[C@H](N)c2ccccc2)cc1OC. The lowest BCUT2D eigenvalue weighted by Gasteiger charge is -2.27. The number of halogens is 3. The molecule has 33 heavy (non-hydrogen) atoms. The summed E-state index contributed by atoms with van der Waals surface area (Å²) in [7, 11) is 3.00. The molecule has 2 N–H and O–H groups in total. The van der Waals surface area contributed by atoms with Gasteiger partial charge in [0.05, 0.1) is 19.8 Å². The fourth-order valence-electron chi connectivity index (χ4n) is 3.43. The molecule has 1 atom stereocenters. The summed E-state index contributed by atoms with van der Waals surface area (Å²) in [5, 5.41) is 0. The van der Waals surface area contributed by atoms with E-state index in [-0.39, 0.29) is 12.5 Å². The van der Waals surface area contributed by atoms with Crippen molar-refractivity contribution in [1.82, 2.24) is 0 Å². The maximum absolute atomic E-state index is 13.4. The van der Waals surface area contributed by atoms with Gasteiger partial charge in [0.25, 0.3) is 0 Å². The molecule has 0 aromatic heterocycles. The highest BCUT2D eigenvalue weighted by molar-refractivity contribution is 5.98. The van der Waals surface area contributed by atoms with Crippen molar-refractivity contribution in [3.05, 3.63) is 89.5 Å². The fourth-order valence-corrected chi connectivity index (χ4v) is 3.43. The molecular formula is C25H25F3N2O3. The molecule has 0 aliphatic carbocycles. The Morgan fingerprint density at radius 1 is 0.939 bits per heavy atom. The first-order chi connectivity index (χ1) is 15.7. The molecule has 0 spiro atoms. The van der Waals surface area contributed by atoms with Crippen molar-refractivity contribution in [2.75, 3.05) is 25.7 Å². The minimum Gasteiger partial charge on any atom is -0.493 e. The topological polar surface area (TPSA) is 64.8 Å². The molecule has 1 amide bonds. The third-order valence-corrected chi connectivity index (χ3v) is 5.27. The Balaban J connectivity index is 1.89. The number of amides is 1. The normalized spacial score (nSPS) is 12.2. The number of carbonyl (C=O) groups is 1. The van der Waals surface area contributed by atoms with Gasteiger partial charge in [0, 0.05) is 18.3 Å². The van der Waals surface area contributed by atoms with Crippen molar-refractivity contribution in [2.24, 2.45) is 5.73 Å². The minimum absolute atomic E-state index is 0.209. The number of hydrogen-bond acceptors (Lipinski definition) is 4. The highest BCUT2D eigenvalue weighted by atomic mass is 19.4. The zero-order valence-corrected chi connectivity index (χ0v) is 18.3. The Hall–Kier alpha value is -3.52. The fraction of sp³-hybridized carbons (Fsp3) is 0.240. The second-order valence-electron chi connectivity index (χ2n) is 7.36. The number of rotatable bonds is 8. The molecule has 0 bridgehead atoms. The zero-order chi connectivity index (χ0) is 24.0. The minimum atomic E-state index is -4.40. The van der Waals surface area contributed by atoms with Gasteiger partial charge in [-0.25, -0.2) is 0 Å². The summed E-state index contributed by atoms with van der Waals surface area (Å²) in [4.78, 5) is 14.9. The predicted octanol–water partition coefficient (Wildman–Crippen LogP) is 5.00. The number of nitrogens with two attached hydrogens (primary N) is 1. The van der Waals surface area contributed by atoms with Crippen molar-refractivity contribution in [3.63, 3.8) is 0 Å². The molecule has 0 saturated heterocycles. The molecule has 3 rings (SSSR count). The van der Waals surface area contributed by atoms with E-state index in [1.54, 1.807) is 42.5 Å². The van der Waals surface area contributed by atoms with E-state index in [1.807, 2.05) is 6.07 Å². The Labute approximate surface area is 190 Å². The van der Waals surface area contributed by atoms with Crippen LogP contribution in [0, 0.1) is 0 Å². The summed E-state index contributed by atoms with van der Waals surface area (Å²) >= 11 is 0. The van der Waals surface area contributed by atoms with Gasteiger partial charge in [-0.2, -0.15) is 13.2 Å². The van der Waals surface area contributed by atoms with Crippen LogP contribution < -0.4 is 20.1 Å². The van der Waals surface area contributed by atoms with Crippen LogP contribution >= 0.6 is 0 Å². The molecule has 3 aromatic carbocycles. The van der Waals surface area contributed by atoms with E-state index in [1.165, 1.54) is 31.3 Å². The standard InChI is InChI=1S/C25H25F3N2O3/c1-32-21-13-12-20(16-22(21)33-2)30(24(31)23(29)18-6-4-3-5-7-18)15-14-17-8-10-19(11-9-17)25(26,27)28/h3-13,16,23H,14-15,29H2,1-2H3/t23-/m1/s1. The van der Waals surface area contributed by atoms with Crippen LogP contribution in [0.2, 0.25) is 0 Å². The maximum atomic E-state index is 13.4. The van der Waals surface area contributed by atoms with Gasteiger partial charge >= 0.3 is 6.18 Å². The molecule has 0 radical (unpaired) electrons. The molecule has 8 heteroatoms. The van der Waals surface area contributed by atoms with Crippen LogP contribution in [0.25, 0.3) is 0 Å². The van der Waals surface area contributed by atoms with Crippen LogP contribution in [0.4, 0.5) is 18.9 Å². The number of carbonyl (C=O) groups excluding carboxylic acids is 1. The summed E-state index contributed by atoms with van der Waals surface area (Å²) in [6, 6.07) is 18.0. The quantitative estimate of drug-likeness (QED) is 0.516. The Bertz CT molecular complexity index is 1070. The van der Waals surface area contributed by atoms with E-state index in [0.717, 1.165) is 12.1 Å². The van der Waals surface area contributed by atoms with Crippen molar-refractivity contribution >= 4 is 11.6 Å². The van der Waals surface area contributed by atoms with Gasteiger partial charge in [-0.15, -0.1) is 0 Å². The largest absolute Gasteiger partial charge is 0.493 e. The van der Waals surface area contributed by atoms with E-state index in [4.69, 9.17) is 15.2 Å². The summed E-state index contributed by atoms with van der Waals surface area (Å²) in [5.74, 6) is 0.597. The van der Waals surface area contributed by atoms with Crippen molar-refractivity contribution in [3.8, 4) is 11.5 Å². The smallest absolute Gasteiger partial charge is 0.416 e.